The highest BCUT2D eigenvalue weighted by Gasteiger charge is 2.74. The first-order valence-electron chi connectivity index (χ1n) is 15.8. The number of nitrogens with zero attached hydrogens (tertiary/aromatic N) is 3. The molecule has 1 saturated heterocycles. The van der Waals surface area contributed by atoms with Gasteiger partial charge in [-0.25, -0.2) is 0 Å². The third kappa shape index (κ3) is 4.58. The maximum Gasteiger partial charge on any atom is 0.416 e. The van der Waals surface area contributed by atoms with Crippen molar-refractivity contribution >= 4 is 5.91 Å². The van der Waals surface area contributed by atoms with Crippen molar-refractivity contribution in [2.45, 2.75) is 86.4 Å². The van der Waals surface area contributed by atoms with Crippen LogP contribution in [0.2, 0.25) is 0 Å². The summed E-state index contributed by atoms with van der Waals surface area (Å²) in [5.41, 5.74) is 0.513. The maximum atomic E-state index is 13.6. The summed E-state index contributed by atoms with van der Waals surface area (Å²) in [5.74, 6) is 0.102. The zero-order valence-corrected chi connectivity index (χ0v) is 25.5. The van der Waals surface area contributed by atoms with E-state index in [1.807, 2.05) is 24.3 Å². The number of aromatic hydroxyl groups is 1. The largest absolute Gasteiger partial charge is 0.504 e. The van der Waals surface area contributed by atoms with Crippen molar-refractivity contribution in [3.05, 3.63) is 94.5 Å². The smallest absolute Gasteiger partial charge is 0.416 e. The van der Waals surface area contributed by atoms with Crippen LogP contribution in [0.3, 0.4) is 0 Å². The number of aryl methyl sites for hydroxylation is 1. The monoisotopic (exact) mass is 631 g/mol. The van der Waals surface area contributed by atoms with Gasteiger partial charge in [0, 0.05) is 31.6 Å². The molecule has 240 valence electrons. The molecule has 7 rings (SSSR count). The van der Waals surface area contributed by atoms with Crippen molar-refractivity contribution in [3.63, 3.8) is 0 Å². The van der Waals surface area contributed by atoms with Crippen LogP contribution in [0.5, 0.6) is 11.5 Å². The minimum absolute atomic E-state index is 0.0293. The molecule has 2 fully saturated rings. The molecule has 3 unspecified atom stereocenters. The normalized spacial score (nSPS) is 29.4. The van der Waals surface area contributed by atoms with Gasteiger partial charge in [0.2, 0.25) is 5.91 Å². The van der Waals surface area contributed by atoms with Gasteiger partial charge in [0.15, 0.2) is 11.5 Å². The van der Waals surface area contributed by atoms with Gasteiger partial charge in [0.25, 0.3) is 0 Å². The van der Waals surface area contributed by atoms with Gasteiger partial charge in [-0.3, -0.25) is 9.69 Å². The van der Waals surface area contributed by atoms with Gasteiger partial charge < -0.3 is 19.8 Å². The number of hydrogen-bond acceptors (Lipinski definition) is 6. The van der Waals surface area contributed by atoms with Gasteiger partial charge in [-0.1, -0.05) is 48.5 Å². The molecule has 4 aliphatic rings. The van der Waals surface area contributed by atoms with Gasteiger partial charge in [-0.05, 0) is 73.4 Å². The molecular formula is C36H36F3N3O4. The number of phenols is 1. The number of carbonyl (C=O) groups excluding carboxylic acids is 1. The van der Waals surface area contributed by atoms with Crippen LogP contribution in [0.1, 0.15) is 53.5 Å². The Hall–Kier alpha value is -4.07. The van der Waals surface area contributed by atoms with Gasteiger partial charge in [0.1, 0.15) is 6.10 Å². The number of ether oxygens (including phenoxy) is 1. The first-order chi connectivity index (χ1) is 22.0. The van der Waals surface area contributed by atoms with Crippen LogP contribution in [-0.2, 0) is 35.6 Å². The highest BCUT2D eigenvalue weighted by Crippen LogP contribution is 2.66. The lowest BCUT2D eigenvalue weighted by atomic mass is 9.47. The van der Waals surface area contributed by atoms with Crippen LogP contribution in [-0.4, -0.2) is 69.3 Å². The molecule has 2 heterocycles. The van der Waals surface area contributed by atoms with Crippen molar-refractivity contribution in [3.8, 4) is 17.6 Å². The molecule has 1 spiro atoms. The zero-order chi connectivity index (χ0) is 32.4. The predicted octanol–water partition coefficient (Wildman–Crippen LogP) is 5.16. The summed E-state index contributed by atoms with van der Waals surface area (Å²) in [4.78, 5) is 17.4. The van der Waals surface area contributed by atoms with E-state index in [-0.39, 0.29) is 30.5 Å². The third-order valence-electron chi connectivity index (χ3n) is 11.1. The van der Waals surface area contributed by atoms with E-state index < -0.39 is 40.9 Å². The number of nitriles is 1. The van der Waals surface area contributed by atoms with Crippen LogP contribution in [0.25, 0.3) is 0 Å². The fourth-order valence-corrected chi connectivity index (χ4v) is 8.84. The molecule has 1 saturated carbocycles. The number of rotatable bonds is 7. The van der Waals surface area contributed by atoms with E-state index in [1.54, 1.807) is 18.0 Å². The van der Waals surface area contributed by atoms with Crippen LogP contribution in [0.15, 0.2) is 66.7 Å². The number of benzene rings is 3. The molecule has 1 amide bonds. The van der Waals surface area contributed by atoms with Crippen molar-refractivity contribution in [1.82, 2.24) is 9.80 Å². The molecule has 0 radical (unpaired) electrons. The number of phenolic OH excluding ortho intramolecular Hbond substituents is 1. The van der Waals surface area contributed by atoms with Crippen molar-refractivity contribution < 1.29 is 32.9 Å². The van der Waals surface area contributed by atoms with E-state index in [2.05, 4.69) is 23.1 Å². The topological polar surface area (TPSA) is 97.0 Å². The van der Waals surface area contributed by atoms with E-state index in [1.165, 1.54) is 12.1 Å². The lowest BCUT2D eigenvalue weighted by molar-refractivity contribution is -0.207. The quantitative estimate of drug-likeness (QED) is 0.374. The second kappa shape index (κ2) is 11.0. The van der Waals surface area contributed by atoms with E-state index in [0.29, 0.717) is 43.5 Å². The minimum atomic E-state index is -4.43. The zero-order valence-electron chi connectivity index (χ0n) is 25.5. The standard InChI is InChI=1S/C36H36F3N3O4/c1-41(30(44)14-9-23-7-11-25(12-8-23)36(37,38)39)27-15-17-35(45)29-19-24-10-13-28(43)32-31(24)34(35,33(27)46-32)20-26(21-40)42(29)18-16-22-5-3-2-4-6-22/h2-8,10-13,26-27,29,33,43,45H,9,14-20H2,1H3/t26?,27?,29-,33?,34+,35-/m1/s1. The average molecular weight is 632 g/mol. The van der Waals surface area contributed by atoms with E-state index in [9.17, 15) is 33.4 Å². The molecule has 2 aliphatic carbocycles. The van der Waals surface area contributed by atoms with Crippen molar-refractivity contribution in [2.75, 3.05) is 13.6 Å². The van der Waals surface area contributed by atoms with Gasteiger partial charge in [0.05, 0.1) is 34.7 Å². The molecule has 0 aromatic heterocycles. The van der Waals surface area contributed by atoms with Crippen LogP contribution in [0, 0.1) is 11.3 Å². The number of likely N-dealkylation sites (N-methyl/N-ethyl adjacent to an activating group) is 1. The van der Waals surface area contributed by atoms with Crippen LogP contribution >= 0.6 is 0 Å². The molecule has 2 aliphatic heterocycles. The molecule has 3 aromatic carbocycles. The van der Waals surface area contributed by atoms with Crippen LogP contribution in [0.4, 0.5) is 13.2 Å². The lowest BCUT2D eigenvalue weighted by Gasteiger charge is -2.65. The summed E-state index contributed by atoms with van der Waals surface area (Å²) in [5, 5.41) is 34.3. The number of carbonyl (C=O) groups is 1. The maximum absolute atomic E-state index is 13.6. The molecule has 6 atom stereocenters. The Bertz CT molecular complexity index is 1690. The number of halogens is 3. The number of aliphatic hydroxyl groups is 1. The SMILES string of the molecule is CN(C(=O)CCc1ccc(C(F)(F)F)cc1)C1CC[C@@]2(O)[C@H]3Cc4ccc(O)c5c4[C@@]2(CC(C#N)N3CCc2ccccc2)C1O5. The fourth-order valence-electron chi connectivity index (χ4n) is 8.84. The fraction of sp³-hybridized carbons (Fsp3) is 0.444. The number of hydrogen-bond donors (Lipinski definition) is 2. The number of alkyl halides is 3. The van der Waals surface area contributed by atoms with Gasteiger partial charge in [-0.2, -0.15) is 18.4 Å². The summed E-state index contributed by atoms with van der Waals surface area (Å²) in [6.45, 7) is 0.600. The number of amides is 1. The third-order valence-corrected chi connectivity index (χ3v) is 11.1. The summed E-state index contributed by atoms with van der Waals surface area (Å²) in [7, 11) is 1.70. The first kappa shape index (κ1) is 30.6. The van der Waals surface area contributed by atoms with Crippen LogP contribution < -0.4 is 4.74 Å². The Morgan fingerprint density at radius 1 is 1.09 bits per heavy atom. The highest BCUT2D eigenvalue weighted by atomic mass is 19.4. The average Bonchev–Trinajstić information content (AvgIpc) is 3.40. The second-order valence-corrected chi connectivity index (χ2v) is 13.2. The Balaban J connectivity index is 1.18. The van der Waals surface area contributed by atoms with E-state index >= 15 is 0 Å². The summed E-state index contributed by atoms with van der Waals surface area (Å²) in [6, 6.07) is 19.6. The number of likely N-dealkylation sites (tertiary alicyclic amines) is 1. The molecule has 2 bridgehead atoms. The van der Waals surface area contributed by atoms with E-state index in [4.69, 9.17) is 4.74 Å². The molecule has 10 heteroatoms. The van der Waals surface area contributed by atoms with E-state index in [0.717, 1.165) is 35.2 Å². The predicted molar refractivity (Wildman–Crippen MR) is 163 cm³/mol. The number of piperidine rings is 1. The highest BCUT2D eigenvalue weighted by molar-refractivity contribution is 5.77. The molecule has 2 N–H and O–H groups in total. The first-order valence-corrected chi connectivity index (χ1v) is 15.8. The Labute approximate surface area is 265 Å². The summed E-state index contributed by atoms with van der Waals surface area (Å²) in [6.07, 6.45) is -2.39. The Kier molecular flexibility index (Phi) is 7.33. The summed E-state index contributed by atoms with van der Waals surface area (Å²) >= 11 is 0. The minimum Gasteiger partial charge on any atom is -0.504 e. The second-order valence-electron chi connectivity index (χ2n) is 13.2. The lowest BCUT2D eigenvalue weighted by Crippen LogP contribution is -2.79. The molecule has 3 aromatic rings. The van der Waals surface area contributed by atoms with Gasteiger partial charge >= 0.3 is 6.18 Å². The van der Waals surface area contributed by atoms with Crippen molar-refractivity contribution in [2.24, 2.45) is 0 Å². The van der Waals surface area contributed by atoms with Crippen molar-refractivity contribution in [1.29, 1.82) is 5.26 Å². The molecule has 7 nitrogen and oxygen atoms in total. The van der Waals surface area contributed by atoms with Gasteiger partial charge in [-0.15, -0.1) is 0 Å². The Morgan fingerprint density at radius 3 is 2.50 bits per heavy atom. The molecule has 46 heavy (non-hydrogen) atoms. The molecular weight excluding hydrogens is 595 g/mol. The summed E-state index contributed by atoms with van der Waals surface area (Å²) < 4.78 is 45.6. The Morgan fingerprint density at radius 2 is 1.80 bits per heavy atom.